The highest BCUT2D eigenvalue weighted by atomic mass is 16.1. The summed E-state index contributed by atoms with van der Waals surface area (Å²) in [6, 6.07) is 0. The summed E-state index contributed by atoms with van der Waals surface area (Å²) in [4.78, 5) is 15.4. The zero-order chi connectivity index (χ0) is 9.84. The van der Waals surface area contributed by atoms with E-state index in [1.165, 1.54) is 6.33 Å². The van der Waals surface area contributed by atoms with E-state index in [1.54, 1.807) is 11.7 Å². The van der Waals surface area contributed by atoms with Crippen molar-refractivity contribution in [2.24, 2.45) is 13.0 Å². The summed E-state index contributed by atoms with van der Waals surface area (Å²) in [7, 11) is 1.80. The fourth-order valence-corrected chi connectivity index (χ4v) is 1.18. The topological polar surface area (TPSA) is 47.8 Å². The lowest BCUT2D eigenvalue weighted by Crippen LogP contribution is -2.10. The first kappa shape index (κ1) is 9.89. The van der Waals surface area contributed by atoms with E-state index in [4.69, 9.17) is 0 Å². The minimum atomic E-state index is 0.228. The van der Waals surface area contributed by atoms with Gasteiger partial charge < -0.3 is 0 Å². The van der Waals surface area contributed by atoms with E-state index in [0.717, 1.165) is 5.82 Å². The molecule has 1 heterocycles. The average Bonchev–Trinajstić information content (AvgIpc) is 2.34. The Morgan fingerprint density at radius 1 is 1.62 bits per heavy atom. The van der Waals surface area contributed by atoms with Gasteiger partial charge in [0, 0.05) is 13.5 Å². The van der Waals surface area contributed by atoms with Gasteiger partial charge in [-0.25, -0.2) is 4.98 Å². The van der Waals surface area contributed by atoms with Crippen LogP contribution in [-0.4, -0.2) is 20.5 Å². The van der Waals surface area contributed by atoms with Crippen LogP contribution in [0.1, 0.15) is 26.1 Å². The maximum atomic E-state index is 11.4. The van der Waals surface area contributed by atoms with E-state index in [0.29, 0.717) is 18.8 Å². The first-order chi connectivity index (χ1) is 6.09. The summed E-state index contributed by atoms with van der Waals surface area (Å²) >= 11 is 0. The molecule has 1 aromatic rings. The van der Waals surface area contributed by atoms with Crippen molar-refractivity contribution >= 4 is 5.78 Å². The molecule has 72 valence electrons. The number of aryl methyl sites for hydroxylation is 1. The second kappa shape index (κ2) is 4.16. The van der Waals surface area contributed by atoms with Crippen LogP contribution in [0.25, 0.3) is 0 Å². The molecule has 4 heteroatoms. The Balaban J connectivity index is 2.50. The van der Waals surface area contributed by atoms with Gasteiger partial charge in [0.05, 0.1) is 6.42 Å². The van der Waals surface area contributed by atoms with Gasteiger partial charge in [0.15, 0.2) is 0 Å². The molecule has 0 radical (unpaired) electrons. The van der Waals surface area contributed by atoms with E-state index in [-0.39, 0.29) is 5.78 Å². The SMILES string of the molecule is CC(C)CC(=O)Cc1ncnn1C. The molecular weight excluding hydrogens is 166 g/mol. The van der Waals surface area contributed by atoms with Crippen LogP contribution in [0.15, 0.2) is 6.33 Å². The number of nitrogens with zero attached hydrogens (tertiary/aromatic N) is 3. The monoisotopic (exact) mass is 181 g/mol. The van der Waals surface area contributed by atoms with Gasteiger partial charge in [0.1, 0.15) is 17.9 Å². The minimum Gasteiger partial charge on any atom is -0.299 e. The number of aromatic nitrogens is 3. The average molecular weight is 181 g/mol. The zero-order valence-electron chi connectivity index (χ0n) is 8.32. The van der Waals surface area contributed by atoms with Crippen LogP contribution < -0.4 is 0 Å². The zero-order valence-corrected chi connectivity index (χ0v) is 8.32. The first-order valence-corrected chi connectivity index (χ1v) is 4.44. The lowest BCUT2D eigenvalue weighted by molar-refractivity contribution is -0.119. The number of hydrogen-bond acceptors (Lipinski definition) is 3. The lowest BCUT2D eigenvalue weighted by Gasteiger charge is -2.02. The molecule has 1 rings (SSSR count). The van der Waals surface area contributed by atoms with E-state index >= 15 is 0 Å². The Morgan fingerprint density at radius 3 is 2.77 bits per heavy atom. The van der Waals surface area contributed by atoms with Gasteiger partial charge in [0.25, 0.3) is 0 Å². The Morgan fingerprint density at radius 2 is 2.31 bits per heavy atom. The highest BCUT2D eigenvalue weighted by Crippen LogP contribution is 2.03. The van der Waals surface area contributed by atoms with Crippen molar-refractivity contribution in [3.63, 3.8) is 0 Å². The maximum Gasteiger partial charge on any atom is 0.140 e. The Bertz CT molecular complexity index is 291. The smallest absolute Gasteiger partial charge is 0.140 e. The first-order valence-electron chi connectivity index (χ1n) is 4.44. The molecule has 0 bridgehead atoms. The summed E-state index contributed by atoms with van der Waals surface area (Å²) < 4.78 is 1.64. The van der Waals surface area contributed by atoms with Crippen LogP contribution in [0.4, 0.5) is 0 Å². The number of hydrogen-bond donors (Lipinski definition) is 0. The quantitative estimate of drug-likeness (QED) is 0.695. The van der Waals surface area contributed by atoms with Crippen molar-refractivity contribution in [1.82, 2.24) is 14.8 Å². The highest BCUT2D eigenvalue weighted by molar-refractivity contribution is 5.80. The van der Waals surface area contributed by atoms with Gasteiger partial charge in [-0.3, -0.25) is 9.48 Å². The van der Waals surface area contributed by atoms with Gasteiger partial charge in [-0.1, -0.05) is 13.8 Å². The molecule has 0 N–H and O–H groups in total. The third-order valence-electron chi connectivity index (χ3n) is 1.80. The van der Waals surface area contributed by atoms with Crippen molar-refractivity contribution in [2.45, 2.75) is 26.7 Å². The Kier molecular flexibility index (Phi) is 3.17. The van der Waals surface area contributed by atoms with Gasteiger partial charge >= 0.3 is 0 Å². The molecule has 0 amide bonds. The number of carbonyl (C=O) groups excluding carboxylic acids is 1. The number of carbonyl (C=O) groups is 1. The molecule has 0 aliphatic heterocycles. The number of rotatable bonds is 4. The molecular formula is C9H15N3O. The molecule has 0 saturated heterocycles. The van der Waals surface area contributed by atoms with Gasteiger partial charge in [0.2, 0.25) is 0 Å². The van der Waals surface area contributed by atoms with Crippen molar-refractivity contribution in [3.8, 4) is 0 Å². The van der Waals surface area contributed by atoms with Gasteiger partial charge in [-0.05, 0) is 5.92 Å². The molecule has 0 fully saturated rings. The number of Topliss-reactive ketones (excluding diaryl/α,β-unsaturated/α-hetero) is 1. The summed E-state index contributed by atoms with van der Waals surface area (Å²) in [5.74, 6) is 1.39. The molecule has 1 aromatic heterocycles. The van der Waals surface area contributed by atoms with Crippen LogP contribution >= 0.6 is 0 Å². The summed E-state index contributed by atoms with van der Waals surface area (Å²) in [5, 5.41) is 3.90. The van der Waals surface area contributed by atoms with E-state index in [9.17, 15) is 4.79 Å². The third-order valence-corrected chi connectivity index (χ3v) is 1.80. The van der Waals surface area contributed by atoms with Crippen LogP contribution in [0.3, 0.4) is 0 Å². The van der Waals surface area contributed by atoms with Crippen molar-refractivity contribution < 1.29 is 4.79 Å². The lowest BCUT2D eigenvalue weighted by atomic mass is 10.1. The Labute approximate surface area is 78.0 Å². The Hall–Kier alpha value is -1.19. The summed E-state index contributed by atoms with van der Waals surface area (Å²) in [6.45, 7) is 4.07. The van der Waals surface area contributed by atoms with E-state index in [2.05, 4.69) is 10.1 Å². The predicted molar refractivity (Wildman–Crippen MR) is 49.2 cm³/mol. The molecule has 0 atom stereocenters. The summed E-state index contributed by atoms with van der Waals surface area (Å²) in [5.41, 5.74) is 0. The van der Waals surface area contributed by atoms with Gasteiger partial charge in [-0.15, -0.1) is 0 Å². The third kappa shape index (κ3) is 2.97. The number of ketones is 1. The van der Waals surface area contributed by atoms with Crippen LogP contribution in [-0.2, 0) is 18.3 Å². The minimum absolute atomic E-state index is 0.228. The second-order valence-electron chi connectivity index (χ2n) is 3.61. The molecule has 4 nitrogen and oxygen atoms in total. The van der Waals surface area contributed by atoms with Crippen LogP contribution in [0, 0.1) is 5.92 Å². The second-order valence-corrected chi connectivity index (χ2v) is 3.61. The fourth-order valence-electron chi connectivity index (χ4n) is 1.18. The highest BCUT2D eigenvalue weighted by Gasteiger charge is 2.09. The summed E-state index contributed by atoms with van der Waals surface area (Å²) in [6.07, 6.45) is 2.49. The van der Waals surface area contributed by atoms with Crippen LogP contribution in [0.5, 0.6) is 0 Å². The van der Waals surface area contributed by atoms with Gasteiger partial charge in [-0.2, -0.15) is 5.10 Å². The van der Waals surface area contributed by atoms with E-state index in [1.807, 2.05) is 13.8 Å². The van der Waals surface area contributed by atoms with Crippen molar-refractivity contribution in [2.75, 3.05) is 0 Å². The fraction of sp³-hybridized carbons (Fsp3) is 0.667. The normalized spacial score (nSPS) is 10.8. The standard InChI is InChI=1S/C9H15N3O/c1-7(2)4-8(13)5-9-10-6-11-12(9)3/h6-7H,4-5H2,1-3H3. The van der Waals surface area contributed by atoms with E-state index < -0.39 is 0 Å². The molecule has 0 aliphatic carbocycles. The molecule has 0 spiro atoms. The van der Waals surface area contributed by atoms with Crippen molar-refractivity contribution in [1.29, 1.82) is 0 Å². The molecule has 0 aliphatic rings. The molecule has 13 heavy (non-hydrogen) atoms. The molecule has 0 aromatic carbocycles. The predicted octanol–water partition coefficient (Wildman–Crippen LogP) is 0.973. The maximum absolute atomic E-state index is 11.4. The largest absolute Gasteiger partial charge is 0.299 e. The molecule has 0 unspecified atom stereocenters. The van der Waals surface area contributed by atoms with Crippen LogP contribution in [0.2, 0.25) is 0 Å². The van der Waals surface area contributed by atoms with Crippen molar-refractivity contribution in [3.05, 3.63) is 12.2 Å². The molecule has 0 saturated carbocycles.